The van der Waals surface area contributed by atoms with E-state index in [1.807, 2.05) is 0 Å². The molecule has 0 bridgehead atoms. The number of nitrogens with zero attached hydrogens (tertiary/aromatic N) is 1. The van der Waals surface area contributed by atoms with E-state index in [0.717, 1.165) is 32.5 Å². The number of likely N-dealkylation sites (tertiary alicyclic amines) is 1. The molecule has 4 rings (SSSR count). The maximum absolute atomic E-state index is 12.4. The summed E-state index contributed by atoms with van der Waals surface area (Å²) in [5.41, 5.74) is 1.76. The summed E-state index contributed by atoms with van der Waals surface area (Å²) in [6.07, 6.45) is 8.65. The molecule has 4 aliphatic rings. The molecule has 2 aliphatic carbocycles. The third-order valence-electron chi connectivity index (χ3n) is 6.97. The van der Waals surface area contributed by atoms with Crippen molar-refractivity contribution in [2.45, 2.75) is 58.0 Å². The van der Waals surface area contributed by atoms with Gasteiger partial charge < -0.3 is 9.64 Å². The monoisotopic (exact) mass is 303 g/mol. The Hall–Kier alpha value is -0.830. The molecule has 122 valence electrons. The molecule has 2 unspecified atom stereocenters. The van der Waals surface area contributed by atoms with Gasteiger partial charge in [-0.05, 0) is 69.4 Å². The van der Waals surface area contributed by atoms with Gasteiger partial charge in [0.2, 0.25) is 0 Å². The Balaban J connectivity index is 1.53. The number of hydrogen-bond acceptors (Lipinski definition) is 3. The first kappa shape index (κ1) is 14.7. The quantitative estimate of drug-likeness (QED) is 0.578. The Morgan fingerprint density at radius 3 is 2.86 bits per heavy atom. The van der Waals surface area contributed by atoms with E-state index in [0.29, 0.717) is 17.3 Å². The van der Waals surface area contributed by atoms with Crippen molar-refractivity contribution in [2.75, 3.05) is 19.6 Å². The Bertz CT molecular complexity index is 482. The fraction of sp³-hybridized carbons (Fsp3) is 0.842. The fourth-order valence-corrected chi connectivity index (χ4v) is 5.71. The molecule has 2 aliphatic heterocycles. The maximum Gasteiger partial charge on any atom is 0.310 e. The number of rotatable bonds is 2. The van der Waals surface area contributed by atoms with Gasteiger partial charge in [0.15, 0.2) is 0 Å². The summed E-state index contributed by atoms with van der Waals surface area (Å²) in [4.78, 5) is 14.9. The largest absolute Gasteiger partial charge is 0.462 e. The summed E-state index contributed by atoms with van der Waals surface area (Å²) in [6.45, 7) is 10.0. The van der Waals surface area contributed by atoms with Crippen LogP contribution in [-0.4, -0.2) is 36.6 Å². The topological polar surface area (TPSA) is 29.5 Å². The van der Waals surface area contributed by atoms with Crippen LogP contribution in [0.25, 0.3) is 0 Å². The van der Waals surface area contributed by atoms with Crippen molar-refractivity contribution in [2.24, 2.45) is 23.2 Å². The molecule has 0 amide bonds. The molecule has 0 spiro atoms. The summed E-state index contributed by atoms with van der Waals surface area (Å²) in [5, 5.41) is 0. The molecule has 0 aromatic carbocycles. The number of carbonyl (C=O) groups excluding carboxylic acids is 1. The predicted octanol–water partition coefficient (Wildman–Crippen LogP) is 3.40. The highest BCUT2D eigenvalue weighted by Crippen LogP contribution is 2.56. The fourth-order valence-electron chi connectivity index (χ4n) is 5.71. The molecule has 22 heavy (non-hydrogen) atoms. The van der Waals surface area contributed by atoms with Crippen molar-refractivity contribution in [3.8, 4) is 0 Å². The average Bonchev–Trinajstić information content (AvgIpc) is 3.06. The van der Waals surface area contributed by atoms with Crippen LogP contribution in [0.1, 0.15) is 51.9 Å². The van der Waals surface area contributed by atoms with E-state index in [9.17, 15) is 4.79 Å². The van der Waals surface area contributed by atoms with Gasteiger partial charge in [0.05, 0.1) is 5.92 Å². The first-order chi connectivity index (χ1) is 10.6. The summed E-state index contributed by atoms with van der Waals surface area (Å²) in [5.74, 6) is 1.23. The summed E-state index contributed by atoms with van der Waals surface area (Å²) in [6, 6.07) is 0. The molecular formula is C19H29NO2. The summed E-state index contributed by atoms with van der Waals surface area (Å²) < 4.78 is 5.84. The Labute approximate surface area is 134 Å². The Kier molecular flexibility index (Phi) is 3.60. The molecule has 4 fully saturated rings. The number of ether oxygens (including phenoxy) is 1. The highest BCUT2D eigenvalue weighted by Gasteiger charge is 2.55. The lowest BCUT2D eigenvalue weighted by Crippen LogP contribution is -2.45. The highest BCUT2D eigenvalue weighted by molar-refractivity contribution is 5.75. The second-order valence-corrected chi connectivity index (χ2v) is 8.41. The minimum Gasteiger partial charge on any atom is -0.462 e. The van der Waals surface area contributed by atoms with Crippen molar-refractivity contribution in [3.63, 3.8) is 0 Å². The third-order valence-corrected chi connectivity index (χ3v) is 6.97. The molecule has 0 radical (unpaired) electrons. The number of hydrogen-bond donors (Lipinski definition) is 0. The van der Waals surface area contributed by atoms with Crippen LogP contribution < -0.4 is 0 Å². The van der Waals surface area contributed by atoms with Crippen LogP contribution in [0.2, 0.25) is 0 Å². The van der Waals surface area contributed by atoms with Gasteiger partial charge >= 0.3 is 5.97 Å². The minimum absolute atomic E-state index is 0.0785. The smallest absolute Gasteiger partial charge is 0.310 e. The van der Waals surface area contributed by atoms with Crippen LogP contribution in [0, 0.1) is 23.2 Å². The van der Waals surface area contributed by atoms with Gasteiger partial charge in [-0.2, -0.15) is 0 Å². The van der Waals surface area contributed by atoms with Crippen molar-refractivity contribution in [1.82, 2.24) is 4.90 Å². The summed E-state index contributed by atoms with van der Waals surface area (Å²) in [7, 11) is 0. The number of esters is 1. The van der Waals surface area contributed by atoms with Crippen molar-refractivity contribution in [1.29, 1.82) is 0 Å². The van der Waals surface area contributed by atoms with E-state index in [4.69, 9.17) is 4.74 Å². The lowest BCUT2D eigenvalue weighted by Gasteiger charge is -2.50. The molecule has 3 heteroatoms. The second kappa shape index (κ2) is 5.36. The van der Waals surface area contributed by atoms with Crippen molar-refractivity contribution >= 4 is 5.97 Å². The zero-order valence-corrected chi connectivity index (χ0v) is 13.9. The zero-order chi connectivity index (χ0) is 15.3. The van der Waals surface area contributed by atoms with Gasteiger partial charge in [0.25, 0.3) is 0 Å². The van der Waals surface area contributed by atoms with E-state index >= 15 is 0 Å². The predicted molar refractivity (Wildman–Crippen MR) is 86.4 cm³/mol. The van der Waals surface area contributed by atoms with E-state index < -0.39 is 0 Å². The van der Waals surface area contributed by atoms with Crippen molar-refractivity contribution < 1.29 is 9.53 Å². The van der Waals surface area contributed by atoms with Crippen LogP contribution in [0.15, 0.2) is 12.2 Å². The minimum atomic E-state index is 0.0785. The summed E-state index contributed by atoms with van der Waals surface area (Å²) >= 11 is 0. The van der Waals surface area contributed by atoms with Gasteiger partial charge in [0.1, 0.15) is 6.10 Å². The second-order valence-electron chi connectivity index (χ2n) is 8.41. The van der Waals surface area contributed by atoms with Crippen LogP contribution >= 0.6 is 0 Å². The van der Waals surface area contributed by atoms with Crippen LogP contribution in [0.3, 0.4) is 0 Å². The molecule has 5 atom stereocenters. The number of allylic oxidation sites excluding steroid dienone is 1. The number of fused-ring (bicyclic) bond motifs is 2. The van der Waals surface area contributed by atoms with Crippen LogP contribution in [0.5, 0.6) is 0 Å². The van der Waals surface area contributed by atoms with Gasteiger partial charge in [-0.3, -0.25) is 4.79 Å². The zero-order valence-electron chi connectivity index (χ0n) is 13.9. The average molecular weight is 303 g/mol. The molecule has 0 aromatic rings. The van der Waals surface area contributed by atoms with Gasteiger partial charge in [-0.25, -0.2) is 0 Å². The number of carbonyl (C=O) groups is 1. The van der Waals surface area contributed by atoms with E-state index in [-0.39, 0.29) is 18.0 Å². The lowest BCUT2D eigenvalue weighted by atomic mass is 9.55. The molecule has 2 heterocycles. The van der Waals surface area contributed by atoms with Gasteiger partial charge in [-0.1, -0.05) is 19.1 Å². The molecule has 3 nitrogen and oxygen atoms in total. The van der Waals surface area contributed by atoms with E-state index in [1.54, 1.807) is 0 Å². The third kappa shape index (κ3) is 2.33. The SMILES string of the molecule is C=C1CCC[C@]2(C)C[C@H]3OC(=O)C(CN4CCCC4)[C@H]3CC12. The normalized spacial score (nSPS) is 45.5. The lowest BCUT2D eigenvalue weighted by molar-refractivity contribution is -0.146. The highest BCUT2D eigenvalue weighted by atomic mass is 16.6. The molecular weight excluding hydrogens is 274 g/mol. The van der Waals surface area contributed by atoms with Gasteiger partial charge in [0, 0.05) is 12.5 Å². The Morgan fingerprint density at radius 1 is 1.32 bits per heavy atom. The van der Waals surface area contributed by atoms with Gasteiger partial charge in [-0.15, -0.1) is 0 Å². The van der Waals surface area contributed by atoms with E-state index in [1.165, 1.54) is 37.7 Å². The molecule has 0 N–H and O–H groups in total. The molecule has 2 saturated carbocycles. The first-order valence-corrected chi connectivity index (χ1v) is 9.17. The standard InChI is InChI=1S/C19H29NO2/c1-13-6-5-7-19(2)11-17-14(10-16(13)19)15(18(21)22-17)12-20-8-3-4-9-20/h14-17H,1,3-12H2,2H3/t14-,15?,16?,17-,19-/m1/s1. The Morgan fingerprint density at radius 2 is 2.09 bits per heavy atom. The first-order valence-electron chi connectivity index (χ1n) is 9.17. The van der Waals surface area contributed by atoms with E-state index in [2.05, 4.69) is 18.4 Å². The van der Waals surface area contributed by atoms with Crippen LogP contribution in [0.4, 0.5) is 0 Å². The van der Waals surface area contributed by atoms with Crippen molar-refractivity contribution in [3.05, 3.63) is 12.2 Å². The molecule has 0 aromatic heterocycles. The maximum atomic E-state index is 12.4. The molecule has 2 saturated heterocycles. The van der Waals surface area contributed by atoms with Crippen LogP contribution in [-0.2, 0) is 9.53 Å².